The Balaban J connectivity index is 0.000000272. The molecule has 0 saturated carbocycles. The number of Topliss-reactive ketones (excluding diaryl/α,β-unsaturated/α-hetero) is 2. The molecule has 0 aromatic heterocycles. The highest BCUT2D eigenvalue weighted by atomic mass is 16.5. The Bertz CT molecular complexity index is 2670. The minimum Gasteiger partial charge on any atom is -0.504 e. The molecule has 2 aliphatic rings. The predicted molar refractivity (Wildman–Crippen MR) is 208 cm³/mol. The molecule has 59 heavy (non-hydrogen) atoms. The molecule has 0 bridgehead atoms. The Labute approximate surface area is 333 Å². The third kappa shape index (κ3) is 10.4. The first kappa shape index (κ1) is 47.4. The van der Waals surface area contributed by atoms with Crippen molar-refractivity contribution < 1.29 is 69.5 Å². The third-order valence-electron chi connectivity index (χ3n) is 8.41. The number of ketones is 2. The van der Waals surface area contributed by atoms with E-state index >= 15 is 0 Å². The topological polar surface area (TPSA) is 317 Å². The average molecular weight is 821 g/mol. The van der Waals surface area contributed by atoms with Crippen LogP contribution in [-0.4, -0.2) is 64.4 Å². The van der Waals surface area contributed by atoms with Crippen molar-refractivity contribution in [2.24, 2.45) is 0 Å². The zero-order valence-electron chi connectivity index (χ0n) is 31.5. The number of carbonyl (C=O) groups is 4. The fraction of sp³-hybridized carbons (Fsp3) is 0.220. The second kappa shape index (κ2) is 18.9. The summed E-state index contributed by atoms with van der Waals surface area (Å²) in [5.74, 6) is -7.67. The van der Waals surface area contributed by atoms with E-state index in [1.807, 2.05) is 0 Å². The van der Waals surface area contributed by atoms with Gasteiger partial charge in [-0.3, -0.25) is 28.8 Å². The first-order chi connectivity index (χ1) is 26.9. The Kier molecular flexibility index (Phi) is 15.2. The summed E-state index contributed by atoms with van der Waals surface area (Å²) in [7, 11) is 0. The summed E-state index contributed by atoms with van der Waals surface area (Å²) in [6, 6.07) is 7.20. The summed E-state index contributed by atoms with van der Waals surface area (Å²) in [4.78, 5) is 90.0. The summed E-state index contributed by atoms with van der Waals surface area (Å²) in [5, 5.41) is 74.4. The number of esters is 2. The van der Waals surface area contributed by atoms with Gasteiger partial charge in [0.1, 0.15) is 13.2 Å². The molecule has 0 amide bonds. The van der Waals surface area contributed by atoms with E-state index in [1.54, 1.807) is 26.8 Å². The Morgan fingerprint density at radius 2 is 0.932 bits per heavy atom. The van der Waals surface area contributed by atoms with E-state index < -0.39 is 79.7 Å². The molecular weight excluding hydrogens is 780 g/mol. The van der Waals surface area contributed by atoms with Gasteiger partial charge in [0.25, 0.3) is 0 Å². The van der Waals surface area contributed by atoms with Gasteiger partial charge < -0.3 is 50.3 Å². The fourth-order valence-corrected chi connectivity index (χ4v) is 5.48. The largest absolute Gasteiger partial charge is 0.504 e. The van der Waals surface area contributed by atoms with E-state index in [-0.39, 0.29) is 65.6 Å². The third-order valence-corrected chi connectivity index (χ3v) is 8.41. The Hall–Kier alpha value is -7.76. The molecular formula is C41H40O18. The van der Waals surface area contributed by atoms with Crippen LogP contribution in [0.2, 0.25) is 0 Å². The molecule has 18 heteroatoms. The van der Waals surface area contributed by atoms with E-state index in [4.69, 9.17) is 14.9 Å². The van der Waals surface area contributed by atoms with Gasteiger partial charge in [-0.25, -0.2) is 9.59 Å². The molecule has 4 aromatic carbocycles. The number of aryl methyl sites for hydroxylation is 3. The molecule has 4 aromatic rings. The number of rotatable bonds is 2. The molecule has 312 valence electrons. The van der Waals surface area contributed by atoms with Crippen molar-refractivity contribution >= 4 is 23.5 Å². The molecule has 2 aliphatic heterocycles. The standard InChI is InChI=1S/C11H8O6.C10H8O5.C10H10O4.C9H10O3.CH4/c1-4(12)7-8-5(3-17-11(8)16)2-6(13)9(14)10(7)15;1-4-7-5(3-15-10(7)14)2-6(11)9(13)8(4)12;1-5-3-8(12)10(14)9(13)4-7(5)6(2)11;1-5-3-6(2)8(11)9(12)7(10)4-5;/h2H,3H2,1H3,(H2,13,14,15);2H,3H2,1H3,(H2,11,12,13);3-4H,1-2H3,(H2,12,13,14);3-4H,1-2H3,(H2,10,11,12);1H4. The van der Waals surface area contributed by atoms with Crippen LogP contribution in [0.1, 0.15) is 96.1 Å². The van der Waals surface area contributed by atoms with Crippen molar-refractivity contribution in [2.75, 3.05) is 0 Å². The maximum absolute atomic E-state index is 11.4. The highest BCUT2D eigenvalue weighted by Crippen LogP contribution is 2.33. The van der Waals surface area contributed by atoms with Gasteiger partial charge in [-0.05, 0) is 88.6 Å². The lowest BCUT2D eigenvalue weighted by Gasteiger charge is -2.00. The summed E-state index contributed by atoms with van der Waals surface area (Å²) in [6.45, 7) is 8.65. The van der Waals surface area contributed by atoms with Crippen molar-refractivity contribution in [2.45, 2.75) is 62.2 Å². The van der Waals surface area contributed by atoms with Gasteiger partial charge >= 0.3 is 11.9 Å². The van der Waals surface area contributed by atoms with Gasteiger partial charge in [-0.15, -0.1) is 0 Å². The van der Waals surface area contributed by atoms with Crippen LogP contribution in [0.3, 0.4) is 0 Å². The molecule has 0 unspecified atom stereocenters. The SMILES string of the molecule is C.CC(=O)c1c(O)c(O)c(=O)cc2c1C(=O)OC2.CC(=O)c1cc(O)c(O)c(=O)cc1C.Cc1c(O)c(O)c(=O)cc2c1C(=O)OC2.Cc1cc(C)c(O)c(O)c(=O)c1. The lowest BCUT2D eigenvalue weighted by Crippen LogP contribution is -2.03. The van der Waals surface area contributed by atoms with E-state index in [0.717, 1.165) is 31.2 Å². The number of fused-ring (bicyclic) bond motifs is 2. The van der Waals surface area contributed by atoms with Gasteiger partial charge in [0.2, 0.25) is 44.7 Å². The van der Waals surface area contributed by atoms with Crippen molar-refractivity contribution in [3.05, 3.63) is 133 Å². The Morgan fingerprint density at radius 1 is 0.492 bits per heavy atom. The number of carbonyl (C=O) groups excluding carboxylic acids is 4. The highest BCUT2D eigenvalue weighted by molar-refractivity contribution is 6.09. The molecule has 0 atom stereocenters. The number of hydrogen-bond acceptors (Lipinski definition) is 18. The fourth-order valence-electron chi connectivity index (χ4n) is 5.48. The quantitative estimate of drug-likeness (QED) is 0.106. The lowest BCUT2D eigenvalue weighted by atomic mass is 10.0. The van der Waals surface area contributed by atoms with Crippen molar-refractivity contribution in [1.29, 1.82) is 0 Å². The summed E-state index contributed by atoms with van der Waals surface area (Å²) >= 11 is 0. The minimum atomic E-state index is -0.947. The summed E-state index contributed by atoms with van der Waals surface area (Å²) in [5.41, 5.74) is -0.658. The molecule has 0 spiro atoms. The van der Waals surface area contributed by atoms with Crippen LogP contribution in [0.4, 0.5) is 0 Å². The van der Waals surface area contributed by atoms with Crippen LogP contribution in [-0.2, 0) is 22.7 Å². The lowest BCUT2D eigenvalue weighted by molar-refractivity contribution is 0.0524. The zero-order chi connectivity index (χ0) is 44.1. The first-order valence-electron chi connectivity index (χ1n) is 16.6. The van der Waals surface area contributed by atoms with Crippen molar-refractivity contribution in [3.63, 3.8) is 0 Å². The molecule has 0 radical (unpaired) electrons. The van der Waals surface area contributed by atoms with E-state index in [9.17, 15) is 69.0 Å². The molecule has 2 heterocycles. The highest BCUT2D eigenvalue weighted by Gasteiger charge is 2.30. The number of aromatic hydroxyl groups is 8. The second-order valence-electron chi connectivity index (χ2n) is 12.7. The second-order valence-corrected chi connectivity index (χ2v) is 12.7. The number of ether oxygens (including phenoxy) is 2. The molecule has 8 N–H and O–H groups in total. The molecule has 18 nitrogen and oxygen atoms in total. The van der Waals surface area contributed by atoms with Crippen LogP contribution in [0.25, 0.3) is 0 Å². The maximum Gasteiger partial charge on any atom is 0.339 e. The average Bonchev–Trinajstić information content (AvgIpc) is 3.60. The zero-order valence-corrected chi connectivity index (χ0v) is 31.5. The first-order valence-corrected chi connectivity index (χ1v) is 16.6. The van der Waals surface area contributed by atoms with Crippen molar-refractivity contribution in [1.82, 2.24) is 0 Å². The van der Waals surface area contributed by atoms with Gasteiger partial charge in [0.15, 0.2) is 34.6 Å². The van der Waals surface area contributed by atoms with E-state index in [1.165, 1.54) is 19.9 Å². The Morgan fingerprint density at radius 3 is 1.44 bits per heavy atom. The van der Waals surface area contributed by atoms with Crippen LogP contribution >= 0.6 is 0 Å². The molecule has 6 rings (SSSR count). The van der Waals surface area contributed by atoms with Crippen LogP contribution in [0.15, 0.2) is 55.6 Å². The smallest absolute Gasteiger partial charge is 0.339 e. The van der Waals surface area contributed by atoms with Crippen LogP contribution < -0.4 is 21.7 Å². The van der Waals surface area contributed by atoms with Crippen LogP contribution in [0, 0.1) is 27.7 Å². The number of cyclic esters (lactones) is 2. The van der Waals surface area contributed by atoms with E-state index in [0.29, 0.717) is 22.3 Å². The van der Waals surface area contributed by atoms with Gasteiger partial charge in [0, 0.05) is 22.3 Å². The van der Waals surface area contributed by atoms with Gasteiger partial charge in [-0.2, -0.15) is 0 Å². The maximum atomic E-state index is 11.4. The normalized spacial score (nSPS) is 11.6. The molecule has 0 fully saturated rings. The minimum absolute atomic E-state index is 0. The van der Waals surface area contributed by atoms with Crippen molar-refractivity contribution in [3.8, 4) is 46.0 Å². The molecule has 0 saturated heterocycles. The predicted octanol–water partition coefficient (Wildman–Crippen LogP) is 3.45. The van der Waals surface area contributed by atoms with E-state index in [2.05, 4.69) is 4.74 Å². The number of hydrogen-bond donors (Lipinski definition) is 8. The molecule has 0 aliphatic carbocycles. The summed E-state index contributed by atoms with van der Waals surface area (Å²) in [6.07, 6.45) is 0. The van der Waals surface area contributed by atoms with Gasteiger partial charge in [0.05, 0.1) is 16.7 Å². The van der Waals surface area contributed by atoms with Gasteiger partial charge in [-0.1, -0.05) is 13.5 Å². The summed E-state index contributed by atoms with van der Waals surface area (Å²) < 4.78 is 9.41. The monoisotopic (exact) mass is 820 g/mol. The van der Waals surface area contributed by atoms with Crippen LogP contribution in [0.5, 0.6) is 46.0 Å².